The summed E-state index contributed by atoms with van der Waals surface area (Å²) >= 11 is 0. The van der Waals surface area contributed by atoms with Gasteiger partial charge < -0.3 is 10.6 Å². The molecule has 0 radical (unpaired) electrons. The van der Waals surface area contributed by atoms with Crippen LogP contribution in [0.4, 0.5) is 0 Å². The van der Waals surface area contributed by atoms with Crippen LogP contribution < -0.4 is 10.6 Å². The Labute approximate surface area is 79.3 Å². The maximum atomic E-state index is 11.0. The Morgan fingerprint density at radius 2 is 2.23 bits per heavy atom. The second-order valence-corrected chi connectivity index (χ2v) is 3.28. The lowest BCUT2D eigenvalue weighted by Gasteiger charge is -2.04. The fourth-order valence-electron chi connectivity index (χ4n) is 1.04. The number of carbonyl (C=O) groups is 1. The average Bonchev–Trinajstić information content (AvgIpc) is 2.92. The van der Waals surface area contributed by atoms with E-state index in [0.717, 1.165) is 6.54 Å². The van der Waals surface area contributed by atoms with Crippen molar-refractivity contribution >= 4 is 5.91 Å². The number of terminal acetylenes is 1. The molecule has 2 N–H and O–H groups in total. The van der Waals surface area contributed by atoms with Gasteiger partial charge in [-0.15, -0.1) is 12.3 Å². The molecule has 1 aliphatic rings. The third kappa shape index (κ3) is 5.26. The van der Waals surface area contributed by atoms with Crippen molar-refractivity contribution in [3.8, 4) is 12.3 Å². The zero-order chi connectivity index (χ0) is 9.52. The van der Waals surface area contributed by atoms with E-state index < -0.39 is 0 Å². The first-order valence-electron chi connectivity index (χ1n) is 4.76. The summed E-state index contributed by atoms with van der Waals surface area (Å²) in [5.41, 5.74) is 0. The molecule has 3 heteroatoms. The zero-order valence-electron chi connectivity index (χ0n) is 7.81. The minimum atomic E-state index is 0.0514. The van der Waals surface area contributed by atoms with E-state index in [0.29, 0.717) is 25.4 Å². The van der Waals surface area contributed by atoms with Crippen LogP contribution >= 0.6 is 0 Å². The monoisotopic (exact) mass is 180 g/mol. The smallest absolute Gasteiger partial charge is 0.220 e. The molecule has 0 aliphatic heterocycles. The minimum Gasteiger partial charge on any atom is -0.355 e. The van der Waals surface area contributed by atoms with Gasteiger partial charge in [-0.3, -0.25) is 4.79 Å². The predicted octanol–water partition coefficient (Wildman–Crippen LogP) is 0.268. The van der Waals surface area contributed by atoms with Crippen LogP contribution in [0.3, 0.4) is 0 Å². The van der Waals surface area contributed by atoms with E-state index in [1.807, 2.05) is 0 Å². The van der Waals surface area contributed by atoms with Crippen molar-refractivity contribution in [1.82, 2.24) is 10.6 Å². The summed E-state index contributed by atoms with van der Waals surface area (Å²) in [5.74, 6) is 2.49. The lowest BCUT2D eigenvalue weighted by Crippen LogP contribution is -2.32. The van der Waals surface area contributed by atoms with Crippen LogP contribution in [0.15, 0.2) is 0 Å². The summed E-state index contributed by atoms with van der Waals surface area (Å²) < 4.78 is 0. The third-order valence-electron chi connectivity index (χ3n) is 1.95. The molecule has 1 fully saturated rings. The van der Waals surface area contributed by atoms with E-state index in [-0.39, 0.29) is 5.91 Å². The molecule has 72 valence electrons. The molecule has 0 aromatic carbocycles. The van der Waals surface area contributed by atoms with Crippen molar-refractivity contribution < 1.29 is 4.79 Å². The Morgan fingerprint density at radius 3 is 2.85 bits per heavy atom. The van der Waals surface area contributed by atoms with Gasteiger partial charge in [-0.1, -0.05) is 0 Å². The average molecular weight is 180 g/mol. The Hall–Kier alpha value is -1.01. The van der Waals surface area contributed by atoms with Gasteiger partial charge in [0.2, 0.25) is 5.91 Å². The van der Waals surface area contributed by atoms with Gasteiger partial charge in [-0.2, -0.15) is 0 Å². The van der Waals surface area contributed by atoms with Crippen LogP contribution in [0.25, 0.3) is 0 Å². The molecular formula is C10H16N2O. The minimum absolute atomic E-state index is 0.0514. The van der Waals surface area contributed by atoms with Crippen LogP contribution in [-0.4, -0.2) is 25.0 Å². The molecule has 0 saturated heterocycles. The summed E-state index contributed by atoms with van der Waals surface area (Å²) in [7, 11) is 0. The molecule has 1 rings (SSSR count). The van der Waals surface area contributed by atoms with Gasteiger partial charge in [-0.25, -0.2) is 0 Å². The molecule has 0 bridgehead atoms. The molecule has 0 unspecified atom stereocenters. The number of rotatable bonds is 6. The molecule has 0 aromatic rings. The third-order valence-corrected chi connectivity index (χ3v) is 1.95. The zero-order valence-corrected chi connectivity index (χ0v) is 7.81. The van der Waals surface area contributed by atoms with Crippen molar-refractivity contribution in [2.24, 2.45) is 0 Å². The Bertz CT molecular complexity index is 203. The van der Waals surface area contributed by atoms with Crippen molar-refractivity contribution in [1.29, 1.82) is 0 Å². The van der Waals surface area contributed by atoms with Crippen molar-refractivity contribution in [2.75, 3.05) is 13.1 Å². The van der Waals surface area contributed by atoms with Crippen molar-refractivity contribution in [3.63, 3.8) is 0 Å². The van der Waals surface area contributed by atoms with E-state index in [2.05, 4.69) is 16.6 Å². The van der Waals surface area contributed by atoms with Crippen LogP contribution in [-0.2, 0) is 4.79 Å². The van der Waals surface area contributed by atoms with Crippen molar-refractivity contribution in [2.45, 2.75) is 31.7 Å². The van der Waals surface area contributed by atoms with Gasteiger partial charge in [0.1, 0.15) is 0 Å². The molecule has 1 saturated carbocycles. The summed E-state index contributed by atoms with van der Waals surface area (Å²) in [6.07, 6.45) is 8.58. The number of nitrogens with one attached hydrogen (secondary N) is 2. The van der Waals surface area contributed by atoms with Gasteiger partial charge in [0.15, 0.2) is 0 Å². The SMILES string of the molecule is C#CCCC(=O)NCCNC1CC1. The fraction of sp³-hybridized carbons (Fsp3) is 0.700. The lowest BCUT2D eigenvalue weighted by atomic mass is 10.3. The number of hydrogen-bond donors (Lipinski definition) is 2. The van der Waals surface area contributed by atoms with Crippen LogP contribution in [0.1, 0.15) is 25.7 Å². The Kier molecular flexibility index (Phi) is 4.34. The molecule has 1 aliphatic carbocycles. The first-order chi connectivity index (χ1) is 6.33. The Morgan fingerprint density at radius 1 is 1.46 bits per heavy atom. The second kappa shape index (κ2) is 5.60. The highest BCUT2D eigenvalue weighted by Gasteiger charge is 2.19. The van der Waals surface area contributed by atoms with Gasteiger partial charge in [0.25, 0.3) is 0 Å². The molecule has 1 amide bonds. The highest BCUT2D eigenvalue weighted by Crippen LogP contribution is 2.17. The maximum Gasteiger partial charge on any atom is 0.220 e. The molecule has 0 spiro atoms. The first-order valence-corrected chi connectivity index (χ1v) is 4.76. The molecule has 3 nitrogen and oxygen atoms in total. The first kappa shape index (κ1) is 10.1. The maximum absolute atomic E-state index is 11.0. The van der Waals surface area contributed by atoms with E-state index in [1.54, 1.807) is 0 Å². The van der Waals surface area contributed by atoms with Gasteiger partial charge in [0.05, 0.1) is 0 Å². The number of hydrogen-bond acceptors (Lipinski definition) is 2. The highest BCUT2D eigenvalue weighted by atomic mass is 16.1. The van der Waals surface area contributed by atoms with Crippen LogP contribution in [0, 0.1) is 12.3 Å². The number of carbonyl (C=O) groups excluding carboxylic acids is 1. The van der Waals surface area contributed by atoms with Crippen LogP contribution in [0.2, 0.25) is 0 Å². The standard InChI is InChI=1S/C10H16N2O/c1-2-3-4-10(13)12-8-7-11-9-5-6-9/h1,9,11H,3-8H2,(H,12,13). The molecular weight excluding hydrogens is 164 g/mol. The molecule has 0 heterocycles. The summed E-state index contributed by atoms with van der Waals surface area (Å²) in [4.78, 5) is 11.0. The lowest BCUT2D eigenvalue weighted by molar-refractivity contribution is -0.120. The van der Waals surface area contributed by atoms with Crippen molar-refractivity contribution in [3.05, 3.63) is 0 Å². The molecule has 13 heavy (non-hydrogen) atoms. The predicted molar refractivity (Wildman–Crippen MR) is 52.1 cm³/mol. The van der Waals surface area contributed by atoms with E-state index in [4.69, 9.17) is 6.42 Å². The van der Waals surface area contributed by atoms with Gasteiger partial charge >= 0.3 is 0 Å². The normalized spacial score (nSPS) is 15.0. The topological polar surface area (TPSA) is 41.1 Å². The number of amides is 1. The van der Waals surface area contributed by atoms with Gasteiger partial charge in [0, 0.05) is 32.0 Å². The summed E-state index contributed by atoms with van der Waals surface area (Å²) in [6, 6.07) is 0.711. The highest BCUT2D eigenvalue weighted by molar-refractivity contribution is 5.76. The van der Waals surface area contributed by atoms with Crippen LogP contribution in [0.5, 0.6) is 0 Å². The summed E-state index contributed by atoms with van der Waals surface area (Å²) in [5, 5.41) is 6.12. The Balaban J connectivity index is 1.86. The van der Waals surface area contributed by atoms with E-state index in [1.165, 1.54) is 12.8 Å². The molecule has 0 atom stereocenters. The quantitative estimate of drug-likeness (QED) is 0.455. The summed E-state index contributed by atoms with van der Waals surface area (Å²) in [6.45, 7) is 1.58. The molecule has 0 aromatic heterocycles. The van der Waals surface area contributed by atoms with E-state index in [9.17, 15) is 4.79 Å². The largest absolute Gasteiger partial charge is 0.355 e. The van der Waals surface area contributed by atoms with E-state index >= 15 is 0 Å². The fourth-order valence-corrected chi connectivity index (χ4v) is 1.04. The second-order valence-electron chi connectivity index (χ2n) is 3.28. The van der Waals surface area contributed by atoms with Gasteiger partial charge in [-0.05, 0) is 12.8 Å².